The number of halogens is 2. The van der Waals surface area contributed by atoms with Crippen molar-refractivity contribution in [2.45, 2.75) is 38.3 Å². The lowest BCUT2D eigenvalue weighted by atomic mass is 9.89. The van der Waals surface area contributed by atoms with Crippen LogP contribution in [0, 0.1) is 11.7 Å². The zero-order chi connectivity index (χ0) is 15.4. The normalized spacial score (nSPS) is 29.5. The number of carbonyl (C=O) groups is 2. The van der Waals surface area contributed by atoms with Gasteiger partial charge in [0.1, 0.15) is 17.4 Å². The van der Waals surface area contributed by atoms with Crippen LogP contribution in [0.1, 0.15) is 26.7 Å². The molecule has 112 valence electrons. The molecule has 0 spiro atoms. The second-order valence-electron chi connectivity index (χ2n) is 5.91. The van der Waals surface area contributed by atoms with Gasteiger partial charge in [-0.25, -0.2) is 4.39 Å². The first kappa shape index (κ1) is 14.3. The predicted octanol–water partition coefficient (Wildman–Crippen LogP) is 2.50. The van der Waals surface area contributed by atoms with Crippen molar-refractivity contribution in [1.29, 1.82) is 0 Å². The third kappa shape index (κ3) is 2.20. The molecule has 1 saturated heterocycles. The quantitative estimate of drug-likeness (QED) is 0.912. The van der Waals surface area contributed by atoms with Gasteiger partial charge in [0, 0.05) is 5.02 Å². The van der Waals surface area contributed by atoms with E-state index in [2.05, 4.69) is 5.32 Å². The number of anilines is 1. The summed E-state index contributed by atoms with van der Waals surface area (Å²) in [6.07, 6.45) is 1.78. The minimum atomic E-state index is -0.960. The van der Waals surface area contributed by atoms with Crippen molar-refractivity contribution in [1.82, 2.24) is 5.32 Å². The summed E-state index contributed by atoms with van der Waals surface area (Å²) < 4.78 is 14.1. The zero-order valence-corrected chi connectivity index (χ0v) is 12.6. The van der Waals surface area contributed by atoms with Gasteiger partial charge in [0.2, 0.25) is 5.91 Å². The highest BCUT2D eigenvalue weighted by Crippen LogP contribution is 2.43. The smallest absolute Gasteiger partial charge is 0.253 e. The van der Waals surface area contributed by atoms with Crippen LogP contribution in [0.25, 0.3) is 0 Å². The topological polar surface area (TPSA) is 49.4 Å². The summed E-state index contributed by atoms with van der Waals surface area (Å²) in [4.78, 5) is 26.3. The van der Waals surface area contributed by atoms with Crippen LogP contribution >= 0.6 is 11.6 Å². The number of carbonyl (C=O) groups excluding carboxylic acids is 2. The van der Waals surface area contributed by atoms with Gasteiger partial charge in [-0.2, -0.15) is 0 Å². The summed E-state index contributed by atoms with van der Waals surface area (Å²) in [5.41, 5.74) is -0.903. The molecule has 1 aliphatic carbocycles. The van der Waals surface area contributed by atoms with Crippen molar-refractivity contribution >= 4 is 29.1 Å². The minimum Gasteiger partial charge on any atom is -0.340 e. The summed E-state index contributed by atoms with van der Waals surface area (Å²) in [6.45, 7) is 3.30. The Morgan fingerprint density at radius 3 is 2.67 bits per heavy atom. The lowest BCUT2D eigenvalue weighted by Gasteiger charge is -2.43. The zero-order valence-electron chi connectivity index (χ0n) is 11.8. The maximum absolute atomic E-state index is 14.1. The van der Waals surface area contributed by atoms with Crippen molar-refractivity contribution in [3.63, 3.8) is 0 Å². The highest BCUT2D eigenvalue weighted by molar-refractivity contribution is 6.31. The molecule has 1 aromatic rings. The molecule has 2 atom stereocenters. The molecule has 21 heavy (non-hydrogen) atoms. The van der Waals surface area contributed by atoms with E-state index in [9.17, 15) is 14.0 Å². The van der Waals surface area contributed by atoms with Crippen molar-refractivity contribution < 1.29 is 14.0 Å². The first-order valence-corrected chi connectivity index (χ1v) is 7.33. The SMILES string of the molecule is CC1C(=O)NC(C)(C2CC2)C(=O)N1c1cc(Cl)ccc1F. The van der Waals surface area contributed by atoms with Crippen LogP contribution < -0.4 is 10.2 Å². The number of nitrogens with one attached hydrogen (secondary N) is 1. The van der Waals surface area contributed by atoms with Crippen LogP contribution in [-0.4, -0.2) is 23.4 Å². The monoisotopic (exact) mass is 310 g/mol. The molecule has 4 nitrogen and oxygen atoms in total. The molecule has 1 heterocycles. The Hall–Kier alpha value is -1.62. The summed E-state index contributed by atoms with van der Waals surface area (Å²) in [7, 11) is 0. The number of hydrogen-bond acceptors (Lipinski definition) is 2. The average Bonchev–Trinajstić information content (AvgIpc) is 3.25. The first-order valence-electron chi connectivity index (χ1n) is 6.95. The van der Waals surface area contributed by atoms with Gasteiger partial charge >= 0.3 is 0 Å². The highest BCUT2D eigenvalue weighted by Gasteiger charge is 2.55. The Balaban J connectivity index is 2.07. The molecule has 2 amide bonds. The van der Waals surface area contributed by atoms with E-state index in [1.807, 2.05) is 0 Å². The molecule has 2 unspecified atom stereocenters. The van der Waals surface area contributed by atoms with Gasteiger partial charge in [-0.05, 0) is 50.8 Å². The van der Waals surface area contributed by atoms with Crippen molar-refractivity contribution in [2.24, 2.45) is 5.92 Å². The third-order valence-corrected chi connectivity index (χ3v) is 4.61. The molecule has 2 fully saturated rings. The Kier molecular flexibility index (Phi) is 3.20. The van der Waals surface area contributed by atoms with Crippen LogP contribution in [0.15, 0.2) is 18.2 Å². The van der Waals surface area contributed by atoms with E-state index < -0.39 is 17.4 Å². The number of piperazine rings is 1. The van der Waals surface area contributed by atoms with Crippen LogP contribution in [0.4, 0.5) is 10.1 Å². The van der Waals surface area contributed by atoms with Crippen LogP contribution in [-0.2, 0) is 9.59 Å². The van der Waals surface area contributed by atoms with E-state index in [0.29, 0.717) is 5.02 Å². The predicted molar refractivity (Wildman–Crippen MR) is 77.6 cm³/mol. The molecule has 1 aromatic carbocycles. The van der Waals surface area contributed by atoms with E-state index in [-0.39, 0.29) is 23.4 Å². The third-order valence-electron chi connectivity index (χ3n) is 4.37. The van der Waals surface area contributed by atoms with Gasteiger partial charge in [-0.3, -0.25) is 14.5 Å². The van der Waals surface area contributed by atoms with Gasteiger partial charge in [0.25, 0.3) is 5.91 Å². The van der Waals surface area contributed by atoms with Gasteiger partial charge < -0.3 is 5.32 Å². The Morgan fingerprint density at radius 1 is 1.38 bits per heavy atom. The number of hydrogen-bond donors (Lipinski definition) is 1. The number of amides is 2. The molecular weight excluding hydrogens is 295 g/mol. The Labute approximate surface area is 127 Å². The molecular formula is C15H16ClFN2O2. The summed E-state index contributed by atoms with van der Waals surface area (Å²) in [5, 5.41) is 3.13. The van der Waals surface area contributed by atoms with Crippen LogP contribution in [0.2, 0.25) is 5.02 Å². The second kappa shape index (κ2) is 4.70. The lowest BCUT2D eigenvalue weighted by molar-refractivity contribution is -0.138. The van der Waals surface area contributed by atoms with Gasteiger partial charge in [0.15, 0.2) is 0 Å². The highest BCUT2D eigenvalue weighted by atomic mass is 35.5. The van der Waals surface area contributed by atoms with Crippen molar-refractivity contribution in [2.75, 3.05) is 4.90 Å². The van der Waals surface area contributed by atoms with Crippen molar-refractivity contribution in [3.05, 3.63) is 29.0 Å². The standard InChI is InChI=1S/C15H16ClFN2O2/c1-8-13(20)18-15(2,9-3-4-9)14(21)19(8)12-7-10(16)5-6-11(12)17/h5-9H,3-4H2,1-2H3,(H,18,20). The van der Waals surface area contributed by atoms with E-state index in [0.717, 1.165) is 12.8 Å². The summed E-state index contributed by atoms with van der Waals surface area (Å²) >= 11 is 5.91. The van der Waals surface area contributed by atoms with Gasteiger partial charge in [0.05, 0.1) is 5.69 Å². The summed E-state index contributed by atoms with van der Waals surface area (Å²) in [6, 6.07) is 3.24. The molecule has 1 aliphatic heterocycles. The lowest BCUT2D eigenvalue weighted by Crippen LogP contribution is -2.70. The van der Waals surface area contributed by atoms with E-state index in [1.165, 1.54) is 23.1 Å². The number of rotatable bonds is 2. The largest absolute Gasteiger partial charge is 0.340 e. The number of benzene rings is 1. The fourth-order valence-corrected chi connectivity index (χ4v) is 3.05. The molecule has 1 saturated carbocycles. The van der Waals surface area contributed by atoms with E-state index in [4.69, 9.17) is 11.6 Å². The first-order chi connectivity index (χ1) is 9.84. The number of nitrogens with zero attached hydrogens (tertiary/aromatic N) is 1. The summed E-state index contributed by atoms with van der Waals surface area (Å²) in [5.74, 6) is -1.000. The second-order valence-corrected chi connectivity index (χ2v) is 6.35. The van der Waals surface area contributed by atoms with Gasteiger partial charge in [-0.15, -0.1) is 0 Å². The molecule has 0 aromatic heterocycles. The molecule has 3 rings (SSSR count). The minimum absolute atomic E-state index is 0.0572. The van der Waals surface area contributed by atoms with Crippen molar-refractivity contribution in [3.8, 4) is 0 Å². The van der Waals surface area contributed by atoms with Crippen LogP contribution in [0.5, 0.6) is 0 Å². The molecule has 2 aliphatic rings. The van der Waals surface area contributed by atoms with E-state index in [1.54, 1.807) is 13.8 Å². The van der Waals surface area contributed by atoms with Gasteiger partial charge in [-0.1, -0.05) is 11.6 Å². The average molecular weight is 311 g/mol. The fourth-order valence-electron chi connectivity index (χ4n) is 2.88. The fraction of sp³-hybridized carbons (Fsp3) is 0.467. The molecule has 6 heteroatoms. The molecule has 0 bridgehead atoms. The Morgan fingerprint density at radius 2 is 2.05 bits per heavy atom. The molecule has 1 N–H and O–H groups in total. The van der Waals surface area contributed by atoms with Crippen LogP contribution in [0.3, 0.4) is 0 Å². The van der Waals surface area contributed by atoms with E-state index >= 15 is 0 Å². The maximum atomic E-state index is 14.1. The maximum Gasteiger partial charge on any atom is 0.253 e. The molecule has 0 radical (unpaired) electrons. The Bertz CT molecular complexity index is 632.